The molecule has 0 fully saturated rings. The number of anilines is 1. The average molecular weight is 606 g/mol. The second-order valence-corrected chi connectivity index (χ2v) is 9.75. The molecule has 0 radical (unpaired) electrons. The normalized spacial score (nSPS) is 12.3. The van der Waals surface area contributed by atoms with Crippen LogP contribution in [0.1, 0.15) is 31.9 Å². The van der Waals surface area contributed by atoms with E-state index < -0.39 is 89.2 Å². The van der Waals surface area contributed by atoms with E-state index in [0.29, 0.717) is 5.56 Å². The molecule has 2 aromatic carbocycles. The van der Waals surface area contributed by atoms with Crippen molar-refractivity contribution in [2.24, 2.45) is 5.92 Å². The van der Waals surface area contributed by atoms with Crippen LogP contribution in [0.15, 0.2) is 59.5 Å². The smallest absolute Gasteiger partial charge is 0.305 e. The third-order valence-electron chi connectivity index (χ3n) is 6.17. The van der Waals surface area contributed by atoms with Crippen molar-refractivity contribution in [1.82, 2.24) is 9.88 Å². The lowest BCUT2D eigenvalue weighted by Crippen LogP contribution is -2.49. The summed E-state index contributed by atoms with van der Waals surface area (Å²) in [7, 11) is 0. The number of nitrogens with one attached hydrogen (secondary N) is 2. The van der Waals surface area contributed by atoms with Crippen LogP contribution in [0, 0.1) is 29.2 Å². The topological polar surface area (TPSA) is 144 Å². The van der Waals surface area contributed by atoms with Crippen LogP contribution in [0.25, 0.3) is 0 Å². The molecule has 14 heteroatoms. The first-order valence-electron chi connectivity index (χ1n) is 12.9. The van der Waals surface area contributed by atoms with Gasteiger partial charge in [-0.25, -0.2) is 8.78 Å². The van der Waals surface area contributed by atoms with E-state index in [1.807, 2.05) is 0 Å². The number of amides is 2. The van der Waals surface area contributed by atoms with Gasteiger partial charge in [-0.2, -0.15) is 8.78 Å². The summed E-state index contributed by atoms with van der Waals surface area (Å²) in [6, 6.07) is 8.26. The minimum atomic E-state index is -1.92. The van der Waals surface area contributed by atoms with Crippen molar-refractivity contribution in [1.29, 1.82) is 0 Å². The van der Waals surface area contributed by atoms with Gasteiger partial charge in [0, 0.05) is 12.3 Å². The predicted molar refractivity (Wildman–Crippen MR) is 144 cm³/mol. The van der Waals surface area contributed by atoms with Gasteiger partial charge in [0.1, 0.15) is 24.4 Å². The number of pyridine rings is 1. The number of carboxylic acid groups (broad SMARTS) is 1. The Hall–Kier alpha value is -5.01. The first-order valence-corrected chi connectivity index (χ1v) is 12.9. The number of nitrogens with zero attached hydrogens (tertiary/aromatic N) is 1. The number of hydrogen-bond acceptors (Lipinski definition) is 6. The molecule has 0 aliphatic carbocycles. The highest BCUT2D eigenvalue weighted by Gasteiger charge is 2.32. The number of ether oxygens (including phenoxy) is 1. The molecule has 2 amide bonds. The van der Waals surface area contributed by atoms with Gasteiger partial charge in [0.15, 0.2) is 23.2 Å². The third-order valence-corrected chi connectivity index (χ3v) is 6.17. The summed E-state index contributed by atoms with van der Waals surface area (Å²) < 4.78 is 60.4. The fourth-order valence-electron chi connectivity index (χ4n) is 4.15. The molecule has 3 N–H and O–H groups in total. The van der Waals surface area contributed by atoms with Crippen LogP contribution < -0.4 is 20.9 Å². The molecule has 1 aromatic heterocycles. The molecule has 2 atom stereocenters. The summed E-state index contributed by atoms with van der Waals surface area (Å²) >= 11 is 0. The molecule has 0 aliphatic rings. The number of carbonyl (C=O) groups is 4. The molecule has 10 nitrogen and oxygen atoms in total. The molecule has 0 spiro atoms. The summed E-state index contributed by atoms with van der Waals surface area (Å²) in [4.78, 5) is 63.2. The number of Topliss-reactive ketones (excluding diaryl/α,β-unsaturated/α-hetero) is 1. The van der Waals surface area contributed by atoms with Crippen molar-refractivity contribution in [2.45, 2.75) is 38.8 Å². The maximum absolute atomic E-state index is 13.9. The Bertz CT molecular complexity index is 1550. The third kappa shape index (κ3) is 8.27. The minimum absolute atomic E-state index is 0.0274. The van der Waals surface area contributed by atoms with Gasteiger partial charge >= 0.3 is 5.97 Å². The fraction of sp³-hybridized carbons (Fsp3) is 0.276. The van der Waals surface area contributed by atoms with E-state index in [4.69, 9.17) is 0 Å². The zero-order valence-corrected chi connectivity index (χ0v) is 22.9. The molecule has 228 valence electrons. The van der Waals surface area contributed by atoms with E-state index in [0.717, 1.165) is 4.57 Å². The van der Waals surface area contributed by atoms with Gasteiger partial charge < -0.3 is 25.0 Å². The first-order chi connectivity index (χ1) is 20.3. The Morgan fingerprint density at radius 1 is 0.953 bits per heavy atom. The Balaban J connectivity index is 1.80. The highest BCUT2D eigenvalue weighted by atomic mass is 19.2. The number of carboxylic acids is 1. The predicted octanol–water partition coefficient (Wildman–Crippen LogP) is 3.39. The average Bonchev–Trinajstić information content (AvgIpc) is 2.93. The number of aliphatic carboxylic acids is 1. The van der Waals surface area contributed by atoms with Crippen LogP contribution in [0.3, 0.4) is 0 Å². The number of rotatable bonds is 13. The van der Waals surface area contributed by atoms with Gasteiger partial charge in [-0.15, -0.1) is 0 Å². The summed E-state index contributed by atoms with van der Waals surface area (Å²) in [6.07, 6.45) is 0.243. The second kappa shape index (κ2) is 14.2. The molecule has 3 rings (SSSR count). The van der Waals surface area contributed by atoms with Crippen molar-refractivity contribution in [2.75, 3.05) is 11.9 Å². The van der Waals surface area contributed by atoms with Gasteiger partial charge in [-0.3, -0.25) is 24.0 Å². The highest BCUT2D eigenvalue weighted by molar-refractivity contribution is 5.94. The lowest BCUT2D eigenvalue weighted by molar-refractivity contribution is -0.141. The van der Waals surface area contributed by atoms with Crippen LogP contribution in [-0.4, -0.2) is 45.9 Å². The van der Waals surface area contributed by atoms with Crippen LogP contribution in [-0.2, 0) is 25.6 Å². The van der Waals surface area contributed by atoms with Gasteiger partial charge in [0.2, 0.25) is 23.4 Å². The first kappa shape index (κ1) is 32.5. The van der Waals surface area contributed by atoms with E-state index in [9.17, 15) is 46.6 Å². The van der Waals surface area contributed by atoms with E-state index in [1.165, 1.54) is 18.3 Å². The molecule has 0 saturated carbocycles. The van der Waals surface area contributed by atoms with Gasteiger partial charge in [0.25, 0.3) is 5.56 Å². The molecule has 0 unspecified atom stereocenters. The Morgan fingerprint density at radius 2 is 1.58 bits per heavy atom. The summed E-state index contributed by atoms with van der Waals surface area (Å²) in [5.41, 5.74) is -0.206. The van der Waals surface area contributed by atoms with E-state index in [1.54, 1.807) is 44.2 Å². The number of ketones is 1. The standard InChI is InChI=1S/C29H27F4N3O7/c1-15(2)26(36-10-6-9-19(29(36)42)34-22(38)11-16-7-4-3-5-8-16)28(41)35-20(13-23(39)40)21(37)14-43-27-24(32)17(30)12-18(31)25(27)33/h3-10,12,15,20,26H,11,13-14H2,1-2H3,(H,34,38)(H,35,41)(H,39,40)/t20-,26-/m0/s1. The quantitative estimate of drug-likeness (QED) is 0.200. The zero-order chi connectivity index (χ0) is 31.8. The van der Waals surface area contributed by atoms with E-state index in [2.05, 4.69) is 15.4 Å². The number of hydrogen-bond donors (Lipinski definition) is 3. The maximum Gasteiger partial charge on any atom is 0.305 e. The molecule has 43 heavy (non-hydrogen) atoms. The Labute approximate surface area is 242 Å². The Morgan fingerprint density at radius 3 is 2.16 bits per heavy atom. The number of carbonyl (C=O) groups excluding carboxylic acids is 3. The van der Waals surface area contributed by atoms with Crippen molar-refractivity contribution in [3.8, 4) is 5.75 Å². The molecule has 0 aliphatic heterocycles. The fourth-order valence-corrected chi connectivity index (χ4v) is 4.15. The lowest BCUT2D eigenvalue weighted by Gasteiger charge is -2.25. The molecule has 3 aromatic rings. The molecular weight excluding hydrogens is 578 g/mol. The second-order valence-electron chi connectivity index (χ2n) is 9.75. The van der Waals surface area contributed by atoms with Crippen molar-refractivity contribution in [3.63, 3.8) is 0 Å². The van der Waals surface area contributed by atoms with Crippen LogP contribution in [0.4, 0.5) is 23.2 Å². The maximum atomic E-state index is 13.9. The number of aromatic nitrogens is 1. The molecule has 1 heterocycles. The highest BCUT2D eigenvalue weighted by Crippen LogP contribution is 2.26. The Kier molecular flexibility index (Phi) is 10.8. The molecule has 0 bridgehead atoms. The van der Waals surface area contributed by atoms with Gasteiger partial charge in [0.05, 0.1) is 12.8 Å². The lowest BCUT2D eigenvalue weighted by atomic mass is 10.0. The van der Waals surface area contributed by atoms with E-state index in [-0.39, 0.29) is 18.2 Å². The van der Waals surface area contributed by atoms with Crippen molar-refractivity contribution < 1.29 is 46.6 Å². The zero-order valence-electron chi connectivity index (χ0n) is 22.9. The van der Waals surface area contributed by atoms with Crippen LogP contribution in [0.5, 0.6) is 5.75 Å². The summed E-state index contributed by atoms with van der Waals surface area (Å²) in [5, 5.41) is 14.0. The SMILES string of the molecule is CC(C)[C@@H](C(=O)N[C@@H](CC(=O)O)C(=O)COc1c(F)c(F)cc(F)c1F)n1cccc(NC(=O)Cc2ccccc2)c1=O. The number of halogens is 4. The van der Waals surface area contributed by atoms with Crippen molar-refractivity contribution >= 4 is 29.3 Å². The molecule has 0 saturated heterocycles. The largest absolute Gasteiger partial charge is 0.481 e. The summed E-state index contributed by atoms with van der Waals surface area (Å²) in [5.74, 6) is -13.8. The monoisotopic (exact) mass is 605 g/mol. The van der Waals surface area contributed by atoms with Crippen molar-refractivity contribution in [3.05, 3.63) is 93.9 Å². The summed E-state index contributed by atoms with van der Waals surface area (Å²) in [6.45, 7) is 1.88. The minimum Gasteiger partial charge on any atom is -0.481 e. The van der Waals surface area contributed by atoms with Gasteiger partial charge in [-0.05, 0) is 23.6 Å². The number of benzene rings is 2. The van der Waals surface area contributed by atoms with E-state index >= 15 is 0 Å². The van der Waals surface area contributed by atoms with Crippen LogP contribution >= 0.6 is 0 Å². The van der Waals surface area contributed by atoms with Gasteiger partial charge in [-0.1, -0.05) is 44.2 Å². The molecular formula is C29H27F4N3O7. The van der Waals surface area contributed by atoms with Crippen LogP contribution in [0.2, 0.25) is 0 Å².